The Morgan fingerprint density at radius 2 is 2.15 bits per heavy atom. The molecule has 0 saturated carbocycles. The van der Waals surface area contributed by atoms with Gasteiger partial charge in [0.25, 0.3) is 0 Å². The molecule has 0 atom stereocenters. The number of aromatic nitrogens is 3. The highest BCUT2D eigenvalue weighted by Crippen LogP contribution is 2.32. The fourth-order valence-corrected chi connectivity index (χ4v) is 4.52. The number of ether oxygens (including phenoxy) is 1. The van der Waals surface area contributed by atoms with Crippen molar-refractivity contribution in [1.29, 1.82) is 0 Å². The van der Waals surface area contributed by atoms with Crippen LogP contribution in [0.1, 0.15) is 18.8 Å². The number of amides is 1. The SMILES string of the molecule is COCc1nncn1C1CN(S(=O)(=O)c2ccc(NC(C)=O)c(Cl)c2)C1. The van der Waals surface area contributed by atoms with Gasteiger partial charge in [-0.05, 0) is 18.2 Å². The molecule has 0 bridgehead atoms. The highest BCUT2D eigenvalue weighted by atomic mass is 35.5. The maximum atomic E-state index is 12.7. The van der Waals surface area contributed by atoms with Gasteiger partial charge in [0, 0.05) is 27.1 Å². The molecule has 1 amide bonds. The predicted molar refractivity (Wildman–Crippen MR) is 94.3 cm³/mol. The second kappa shape index (κ2) is 7.31. The molecule has 9 nitrogen and oxygen atoms in total. The molecule has 1 N–H and O–H groups in total. The number of carbonyl (C=O) groups is 1. The molecule has 0 radical (unpaired) electrons. The third-order valence-corrected chi connectivity index (χ3v) is 6.17. The molecule has 0 aliphatic carbocycles. The van der Waals surface area contributed by atoms with E-state index in [0.717, 1.165) is 0 Å². The van der Waals surface area contributed by atoms with Gasteiger partial charge >= 0.3 is 0 Å². The molecule has 2 heterocycles. The van der Waals surface area contributed by atoms with Crippen LogP contribution in [0, 0.1) is 0 Å². The van der Waals surface area contributed by atoms with E-state index in [1.807, 2.05) is 4.57 Å². The molecule has 1 aromatic carbocycles. The first-order chi connectivity index (χ1) is 12.3. The van der Waals surface area contributed by atoms with Crippen LogP contribution in [0.25, 0.3) is 0 Å². The van der Waals surface area contributed by atoms with Crippen molar-refractivity contribution in [2.45, 2.75) is 24.5 Å². The molecule has 1 aromatic heterocycles. The van der Waals surface area contributed by atoms with Crippen molar-refractivity contribution >= 4 is 33.2 Å². The molecular weight excluding hydrogens is 382 g/mol. The van der Waals surface area contributed by atoms with Crippen molar-refractivity contribution in [2.24, 2.45) is 0 Å². The zero-order valence-corrected chi connectivity index (χ0v) is 15.8. The van der Waals surface area contributed by atoms with E-state index in [1.54, 1.807) is 13.4 Å². The minimum Gasteiger partial charge on any atom is -0.377 e. The lowest BCUT2D eigenvalue weighted by molar-refractivity contribution is -0.114. The maximum absolute atomic E-state index is 12.7. The molecule has 1 aliphatic heterocycles. The van der Waals surface area contributed by atoms with Crippen LogP contribution < -0.4 is 5.32 Å². The van der Waals surface area contributed by atoms with Crippen molar-refractivity contribution in [3.8, 4) is 0 Å². The first-order valence-electron chi connectivity index (χ1n) is 7.77. The van der Waals surface area contributed by atoms with E-state index in [0.29, 0.717) is 31.2 Å². The van der Waals surface area contributed by atoms with Crippen LogP contribution in [0.2, 0.25) is 5.02 Å². The molecule has 140 valence electrons. The predicted octanol–water partition coefficient (Wildman–Crippen LogP) is 1.28. The number of benzene rings is 1. The van der Waals surface area contributed by atoms with E-state index in [9.17, 15) is 13.2 Å². The standard InChI is InChI=1S/C15H18ClN5O4S/c1-10(22)18-14-4-3-12(5-13(14)16)26(23,24)20-6-11(7-20)21-9-17-19-15(21)8-25-2/h3-5,9,11H,6-8H2,1-2H3,(H,18,22). The molecule has 1 aliphatic rings. The lowest BCUT2D eigenvalue weighted by atomic mass is 10.2. The highest BCUT2D eigenvalue weighted by Gasteiger charge is 2.38. The van der Waals surface area contributed by atoms with Crippen LogP contribution in [-0.2, 0) is 26.2 Å². The van der Waals surface area contributed by atoms with E-state index in [1.165, 1.54) is 29.4 Å². The summed E-state index contributed by atoms with van der Waals surface area (Å²) in [6.07, 6.45) is 1.57. The lowest BCUT2D eigenvalue weighted by Gasteiger charge is -2.38. The molecule has 0 unspecified atom stereocenters. The Kier molecular flexibility index (Phi) is 5.28. The molecule has 26 heavy (non-hydrogen) atoms. The average Bonchev–Trinajstić information content (AvgIpc) is 2.95. The molecular formula is C15H18ClN5O4S. The summed E-state index contributed by atoms with van der Waals surface area (Å²) in [4.78, 5) is 11.2. The Morgan fingerprint density at radius 1 is 1.42 bits per heavy atom. The summed E-state index contributed by atoms with van der Waals surface area (Å²) >= 11 is 6.08. The van der Waals surface area contributed by atoms with Gasteiger partial charge in [0.1, 0.15) is 12.9 Å². The Bertz CT molecular complexity index is 924. The molecule has 1 fully saturated rings. The molecule has 11 heteroatoms. The van der Waals surface area contributed by atoms with Crippen LogP contribution in [0.4, 0.5) is 5.69 Å². The number of anilines is 1. The number of hydrogen-bond donors (Lipinski definition) is 1. The zero-order chi connectivity index (χ0) is 18.9. The minimum atomic E-state index is -3.67. The van der Waals surface area contributed by atoms with Gasteiger partial charge < -0.3 is 14.6 Å². The largest absolute Gasteiger partial charge is 0.377 e. The summed E-state index contributed by atoms with van der Waals surface area (Å²) in [5.74, 6) is 0.367. The number of hydrogen-bond acceptors (Lipinski definition) is 6. The first-order valence-corrected chi connectivity index (χ1v) is 9.59. The topological polar surface area (TPSA) is 106 Å². The van der Waals surface area contributed by atoms with E-state index >= 15 is 0 Å². The third-order valence-electron chi connectivity index (χ3n) is 4.03. The van der Waals surface area contributed by atoms with Crippen LogP contribution >= 0.6 is 11.6 Å². The first kappa shape index (κ1) is 18.8. The van der Waals surface area contributed by atoms with E-state index < -0.39 is 10.0 Å². The zero-order valence-electron chi connectivity index (χ0n) is 14.2. The van der Waals surface area contributed by atoms with Gasteiger partial charge in [-0.3, -0.25) is 4.79 Å². The van der Waals surface area contributed by atoms with Gasteiger partial charge in [-0.1, -0.05) is 11.6 Å². The van der Waals surface area contributed by atoms with Crippen LogP contribution in [0.15, 0.2) is 29.4 Å². The van der Waals surface area contributed by atoms with Gasteiger partial charge in [0.05, 0.1) is 21.6 Å². The van der Waals surface area contributed by atoms with E-state index in [2.05, 4.69) is 15.5 Å². The van der Waals surface area contributed by atoms with E-state index in [-0.39, 0.29) is 21.9 Å². The maximum Gasteiger partial charge on any atom is 0.243 e. The summed E-state index contributed by atoms with van der Waals surface area (Å²) < 4.78 is 33.7. The van der Waals surface area contributed by atoms with Crippen molar-refractivity contribution in [2.75, 3.05) is 25.5 Å². The van der Waals surface area contributed by atoms with E-state index in [4.69, 9.17) is 16.3 Å². The van der Waals surface area contributed by atoms with Gasteiger partial charge in [-0.25, -0.2) is 8.42 Å². The number of carbonyl (C=O) groups excluding carboxylic acids is 1. The van der Waals surface area contributed by atoms with Crippen LogP contribution in [0.3, 0.4) is 0 Å². The molecule has 3 rings (SSSR count). The summed E-state index contributed by atoms with van der Waals surface area (Å²) in [7, 11) is -2.11. The second-order valence-corrected chi connectivity index (χ2v) is 8.23. The lowest BCUT2D eigenvalue weighted by Crippen LogP contribution is -2.50. The summed E-state index contributed by atoms with van der Waals surface area (Å²) in [5.41, 5.74) is 0.369. The Labute approximate surface area is 156 Å². The normalized spacial score (nSPS) is 15.7. The molecule has 2 aromatic rings. The number of halogens is 1. The minimum absolute atomic E-state index is 0.0425. The monoisotopic (exact) mass is 399 g/mol. The van der Waals surface area contributed by atoms with Gasteiger partial charge in [-0.2, -0.15) is 4.31 Å². The van der Waals surface area contributed by atoms with Gasteiger partial charge in [0.2, 0.25) is 15.9 Å². The number of nitrogens with zero attached hydrogens (tertiary/aromatic N) is 4. The fraction of sp³-hybridized carbons (Fsp3) is 0.400. The Balaban J connectivity index is 1.73. The number of sulfonamides is 1. The number of rotatable bonds is 6. The Hall–Kier alpha value is -2.01. The number of nitrogens with one attached hydrogen (secondary N) is 1. The number of methoxy groups -OCH3 is 1. The van der Waals surface area contributed by atoms with Crippen molar-refractivity contribution < 1.29 is 17.9 Å². The van der Waals surface area contributed by atoms with Gasteiger partial charge in [-0.15, -0.1) is 10.2 Å². The van der Waals surface area contributed by atoms with Crippen LogP contribution in [0.5, 0.6) is 0 Å². The highest BCUT2D eigenvalue weighted by molar-refractivity contribution is 7.89. The van der Waals surface area contributed by atoms with Gasteiger partial charge in [0.15, 0.2) is 5.82 Å². The summed E-state index contributed by atoms with van der Waals surface area (Å²) in [6.45, 7) is 2.28. The Morgan fingerprint density at radius 3 is 2.77 bits per heavy atom. The summed E-state index contributed by atoms with van der Waals surface area (Å²) in [6, 6.07) is 4.20. The quantitative estimate of drug-likeness (QED) is 0.784. The summed E-state index contributed by atoms with van der Waals surface area (Å²) in [5, 5.41) is 10.5. The van der Waals surface area contributed by atoms with Crippen molar-refractivity contribution in [1.82, 2.24) is 19.1 Å². The molecule has 0 spiro atoms. The van der Waals surface area contributed by atoms with Crippen molar-refractivity contribution in [3.63, 3.8) is 0 Å². The third kappa shape index (κ3) is 3.58. The van der Waals surface area contributed by atoms with Crippen LogP contribution in [-0.4, -0.2) is 53.6 Å². The molecule has 1 saturated heterocycles. The van der Waals surface area contributed by atoms with Crippen molar-refractivity contribution in [3.05, 3.63) is 35.4 Å². The average molecular weight is 400 g/mol. The second-order valence-electron chi connectivity index (χ2n) is 5.89. The fourth-order valence-electron chi connectivity index (χ4n) is 2.69. The smallest absolute Gasteiger partial charge is 0.243 e.